The standard InChI is InChI=1S/C25H27N5O.CH3Br/c1-28-14-16-29(17-15-28)13-11-23(31)25-20-6-2-3-7-21(20)27-22(25)10-9-19-18-30-12-5-4-8-24(30)26-19;1-2/h2-10,12,18,27H,11,13-17H2,1H3;1H3/b10-9+;. The lowest BCUT2D eigenvalue weighted by atomic mass is 10.0. The summed E-state index contributed by atoms with van der Waals surface area (Å²) in [6, 6.07) is 14.0. The largest absolute Gasteiger partial charge is 0.354 e. The number of hydrogen-bond donors (Lipinski definition) is 1. The second-order valence-corrected chi connectivity index (χ2v) is 8.24. The van der Waals surface area contributed by atoms with Gasteiger partial charge in [-0.15, -0.1) is 0 Å². The summed E-state index contributed by atoms with van der Waals surface area (Å²) in [6.07, 6.45) is 8.44. The van der Waals surface area contributed by atoms with Crippen LogP contribution in [0.5, 0.6) is 0 Å². The Balaban J connectivity index is 0.00000126. The minimum absolute atomic E-state index is 0.186. The lowest BCUT2D eigenvalue weighted by molar-refractivity contribution is 0.0943. The number of piperazine rings is 1. The highest BCUT2D eigenvalue weighted by Gasteiger charge is 2.19. The van der Waals surface area contributed by atoms with Crippen LogP contribution in [-0.2, 0) is 0 Å². The number of alkyl halides is 1. The van der Waals surface area contributed by atoms with E-state index in [4.69, 9.17) is 0 Å². The van der Waals surface area contributed by atoms with Gasteiger partial charge in [-0.2, -0.15) is 0 Å². The van der Waals surface area contributed by atoms with Gasteiger partial charge in [-0.1, -0.05) is 40.2 Å². The van der Waals surface area contributed by atoms with Crippen LogP contribution in [0.3, 0.4) is 0 Å². The molecular weight excluding hydrogens is 478 g/mol. The molecule has 1 aliphatic heterocycles. The second-order valence-electron chi connectivity index (χ2n) is 8.24. The summed E-state index contributed by atoms with van der Waals surface area (Å²) in [7, 11) is 2.15. The first-order chi connectivity index (χ1) is 16.2. The molecule has 0 radical (unpaired) electrons. The summed E-state index contributed by atoms with van der Waals surface area (Å²) in [4.78, 5) is 26.1. The van der Waals surface area contributed by atoms with Gasteiger partial charge in [-0.25, -0.2) is 4.98 Å². The Bertz CT molecular complexity index is 1220. The SMILES string of the molecule is CBr.CN1CCN(CCC(=O)c2c(/C=C/c3cn4ccccc4n3)[nH]c3ccccc23)CC1. The van der Waals surface area contributed by atoms with Gasteiger partial charge in [0, 0.05) is 62.4 Å². The monoisotopic (exact) mass is 507 g/mol. The molecule has 1 saturated heterocycles. The van der Waals surface area contributed by atoms with Gasteiger partial charge in [-0.05, 0) is 43.2 Å². The summed E-state index contributed by atoms with van der Waals surface area (Å²) >= 11 is 2.94. The topological polar surface area (TPSA) is 56.6 Å². The van der Waals surface area contributed by atoms with Crippen molar-refractivity contribution in [1.82, 2.24) is 24.2 Å². The summed E-state index contributed by atoms with van der Waals surface area (Å²) < 4.78 is 1.99. The molecule has 0 saturated carbocycles. The number of imidazole rings is 1. The van der Waals surface area contributed by atoms with Crippen LogP contribution in [0.15, 0.2) is 54.9 Å². The Morgan fingerprint density at radius 2 is 1.82 bits per heavy atom. The van der Waals surface area contributed by atoms with Gasteiger partial charge in [0.25, 0.3) is 0 Å². The number of fused-ring (bicyclic) bond motifs is 2. The Hall–Kier alpha value is -2.74. The number of nitrogens with zero attached hydrogens (tertiary/aromatic N) is 4. The van der Waals surface area contributed by atoms with Crippen LogP contribution in [0.1, 0.15) is 28.2 Å². The maximum atomic E-state index is 13.3. The summed E-state index contributed by atoms with van der Waals surface area (Å²) in [5.74, 6) is 2.00. The molecule has 0 amide bonds. The molecule has 1 fully saturated rings. The molecular formula is C26H30BrN5O. The second kappa shape index (κ2) is 10.9. The highest BCUT2D eigenvalue weighted by atomic mass is 79.9. The van der Waals surface area contributed by atoms with Crippen molar-refractivity contribution in [3.8, 4) is 0 Å². The van der Waals surface area contributed by atoms with Gasteiger partial charge < -0.3 is 19.2 Å². The van der Waals surface area contributed by atoms with Gasteiger partial charge in [0.15, 0.2) is 5.78 Å². The van der Waals surface area contributed by atoms with Crippen molar-refractivity contribution in [2.45, 2.75) is 6.42 Å². The minimum Gasteiger partial charge on any atom is -0.354 e. The van der Waals surface area contributed by atoms with Crippen molar-refractivity contribution in [2.24, 2.45) is 0 Å². The molecule has 1 aromatic carbocycles. The zero-order valence-electron chi connectivity index (χ0n) is 19.2. The number of ketones is 1. The number of hydrogen-bond acceptors (Lipinski definition) is 4. The fraction of sp³-hybridized carbons (Fsp3) is 0.308. The Labute approximate surface area is 203 Å². The minimum atomic E-state index is 0.186. The van der Waals surface area contributed by atoms with Crippen LogP contribution in [0.25, 0.3) is 28.7 Å². The van der Waals surface area contributed by atoms with E-state index in [1.807, 2.05) is 77.2 Å². The maximum Gasteiger partial charge on any atom is 0.166 e. The molecule has 4 aromatic rings. The quantitative estimate of drug-likeness (QED) is 0.300. The molecule has 33 heavy (non-hydrogen) atoms. The number of aromatic nitrogens is 3. The first kappa shape index (κ1) is 23.4. The van der Waals surface area contributed by atoms with Gasteiger partial charge in [0.1, 0.15) is 5.65 Å². The van der Waals surface area contributed by atoms with Crippen LogP contribution >= 0.6 is 15.9 Å². The zero-order valence-corrected chi connectivity index (χ0v) is 20.8. The highest BCUT2D eigenvalue weighted by molar-refractivity contribution is 9.08. The van der Waals surface area contributed by atoms with E-state index >= 15 is 0 Å². The molecule has 6 nitrogen and oxygen atoms in total. The van der Waals surface area contributed by atoms with E-state index in [-0.39, 0.29) is 5.78 Å². The first-order valence-corrected chi connectivity index (χ1v) is 12.8. The van der Waals surface area contributed by atoms with Crippen LogP contribution < -0.4 is 0 Å². The fourth-order valence-electron chi connectivity index (χ4n) is 4.25. The van der Waals surface area contributed by atoms with Crippen molar-refractivity contribution in [3.63, 3.8) is 0 Å². The molecule has 3 aromatic heterocycles. The molecule has 1 N–H and O–H groups in total. The lowest BCUT2D eigenvalue weighted by Crippen LogP contribution is -2.45. The van der Waals surface area contributed by atoms with Crippen LogP contribution in [0, 0.1) is 0 Å². The Morgan fingerprint density at radius 3 is 2.61 bits per heavy atom. The Morgan fingerprint density at radius 1 is 1.06 bits per heavy atom. The highest BCUT2D eigenvalue weighted by Crippen LogP contribution is 2.25. The number of benzene rings is 1. The number of carbonyl (C=O) groups excluding carboxylic acids is 1. The van der Waals surface area contributed by atoms with Crippen molar-refractivity contribution in [1.29, 1.82) is 0 Å². The predicted octanol–water partition coefficient (Wildman–Crippen LogP) is 4.82. The smallest absolute Gasteiger partial charge is 0.166 e. The number of carbonyl (C=O) groups is 1. The van der Waals surface area contributed by atoms with Gasteiger partial charge in [0.2, 0.25) is 0 Å². The summed E-state index contributed by atoms with van der Waals surface area (Å²) in [6.45, 7) is 4.99. The van der Waals surface area contributed by atoms with Crippen LogP contribution in [0.4, 0.5) is 0 Å². The number of aromatic amines is 1. The first-order valence-electron chi connectivity index (χ1n) is 11.2. The fourth-order valence-corrected chi connectivity index (χ4v) is 4.25. The molecule has 0 aliphatic carbocycles. The third-order valence-corrected chi connectivity index (χ3v) is 6.07. The van der Waals surface area contributed by atoms with Gasteiger partial charge in [0.05, 0.1) is 17.0 Å². The molecule has 4 heterocycles. The number of likely N-dealkylation sites (N-methyl/N-ethyl adjacent to an activating group) is 1. The van der Waals surface area contributed by atoms with E-state index in [0.717, 1.165) is 66.2 Å². The normalized spacial score (nSPS) is 15.2. The average molecular weight is 508 g/mol. The molecule has 0 bridgehead atoms. The number of nitrogens with one attached hydrogen (secondary N) is 1. The van der Waals surface area contributed by atoms with Crippen molar-refractivity contribution in [3.05, 3.63) is 71.8 Å². The van der Waals surface area contributed by atoms with E-state index in [1.54, 1.807) is 0 Å². The number of rotatable bonds is 6. The third kappa shape index (κ3) is 5.43. The third-order valence-electron chi connectivity index (χ3n) is 6.07. The van der Waals surface area contributed by atoms with Crippen LogP contribution in [-0.4, -0.2) is 75.6 Å². The number of Topliss-reactive ketones (excluding diaryl/α,β-unsaturated/α-hetero) is 1. The van der Waals surface area contributed by atoms with E-state index in [0.29, 0.717) is 6.42 Å². The number of para-hydroxylation sites is 1. The number of halogens is 1. The van der Waals surface area contributed by atoms with E-state index in [1.165, 1.54) is 0 Å². The van der Waals surface area contributed by atoms with Crippen molar-refractivity contribution >= 4 is 50.4 Å². The summed E-state index contributed by atoms with van der Waals surface area (Å²) in [5.41, 5.74) is 4.38. The molecule has 172 valence electrons. The van der Waals surface area contributed by atoms with E-state index < -0.39 is 0 Å². The summed E-state index contributed by atoms with van der Waals surface area (Å²) in [5, 5.41) is 0.987. The van der Waals surface area contributed by atoms with Crippen LogP contribution in [0.2, 0.25) is 0 Å². The molecule has 0 unspecified atom stereocenters. The average Bonchev–Trinajstić information content (AvgIpc) is 3.44. The van der Waals surface area contributed by atoms with E-state index in [9.17, 15) is 4.79 Å². The van der Waals surface area contributed by atoms with Gasteiger partial charge >= 0.3 is 0 Å². The maximum absolute atomic E-state index is 13.3. The number of pyridine rings is 1. The van der Waals surface area contributed by atoms with Crippen molar-refractivity contribution < 1.29 is 4.79 Å². The molecule has 5 rings (SSSR count). The van der Waals surface area contributed by atoms with Gasteiger partial charge in [-0.3, -0.25) is 4.79 Å². The zero-order chi connectivity index (χ0) is 23.2. The molecule has 0 atom stereocenters. The predicted molar refractivity (Wildman–Crippen MR) is 140 cm³/mol. The molecule has 1 aliphatic rings. The van der Waals surface area contributed by atoms with E-state index in [2.05, 4.69) is 42.7 Å². The molecule has 7 heteroatoms. The van der Waals surface area contributed by atoms with Crippen molar-refractivity contribution in [2.75, 3.05) is 45.6 Å². The molecule has 0 spiro atoms. The number of H-pyrrole nitrogens is 1. The lowest BCUT2D eigenvalue weighted by Gasteiger charge is -2.32. The Kier molecular flexibility index (Phi) is 7.75.